The van der Waals surface area contributed by atoms with E-state index in [1.54, 1.807) is 23.5 Å². The van der Waals surface area contributed by atoms with Crippen LogP contribution in [-0.2, 0) is 0 Å². The minimum absolute atomic E-state index is 0. The highest BCUT2D eigenvalue weighted by Crippen LogP contribution is 2.42. The molecule has 1 aliphatic heterocycles. The van der Waals surface area contributed by atoms with Crippen molar-refractivity contribution < 1.29 is 0 Å². The largest absolute Gasteiger partial charge is 0.288 e. The van der Waals surface area contributed by atoms with E-state index in [0.29, 0.717) is 5.25 Å². The Labute approximate surface area is 92.6 Å². The molecule has 1 fully saturated rings. The van der Waals surface area contributed by atoms with E-state index < -0.39 is 0 Å². The van der Waals surface area contributed by atoms with E-state index in [9.17, 15) is 0 Å². The number of thioether (sulfide) groups is 2. The zero-order valence-electron chi connectivity index (χ0n) is 6.90. The lowest BCUT2D eigenvalue weighted by molar-refractivity contribution is 1.13. The molecule has 1 atom stereocenters. The fourth-order valence-corrected chi connectivity index (χ4v) is 3.53. The van der Waals surface area contributed by atoms with Gasteiger partial charge in [0.05, 0.1) is 0 Å². The highest BCUT2D eigenvalue weighted by atomic mass is 35.5. The van der Waals surface area contributed by atoms with E-state index in [1.807, 2.05) is 6.07 Å². The summed E-state index contributed by atoms with van der Waals surface area (Å²) < 4.78 is 0.754. The first kappa shape index (κ1) is 11.0. The maximum absolute atomic E-state index is 7.45. The molecule has 0 radical (unpaired) electrons. The molecular formula is C9H10ClNS2. The van der Waals surface area contributed by atoms with Crippen molar-refractivity contribution in [3.05, 3.63) is 35.9 Å². The van der Waals surface area contributed by atoms with Crippen LogP contribution in [0.25, 0.3) is 0 Å². The number of halogens is 1. The van der Waals surface area contributed by atoms with Gasteiger partial charge in [-0.15, -0.1) is 12.4 Å². The van der Waals surface area contributed by atoms with Gasteiger partial charge in [-0.1, -0.05) is 53.9 Å². The molecule has 1 aromatic rings. The number of nitrogens with one attached hydrogen (secondary N) is 1. The summed E-state index contributed by atoms with van der Waals surface area (Å²) in [4.78, 5) is 0. The number of hydrogen-bond acceptors (Lipinski definition) is 3. The standard InChI is InChI=1S/C9H9NS2.ClH/c10-9-11-6-8(12-9)7-4-2-1-3-5-7;/h1-5,8,10H,6H2;1H. The van der Waals surface area contributed by atoms with Crippen molar-refractivity contribution in [3.8, 4) is 0 Å². The average Bonchev–Trinajstić information content (AvgIpc) is 2.54. The van der Waals surface area contributed by atoms with Gasteiger partial charge >= 0.3 is 0 Å². The topological polar surface area (TPSA) is 23.9 Å². The van der Waals surface area contributed by atoms with Crippen LogP contribution in [0.3, 0.4) is 0 Å². The summed E-state index contributed by atoms with van der Waals surface area (Å²) in [6.45, 7) is 0. The highest BCUT2D eigenvalue weighted by Gasteiger charge is 2.21. The molecule has 0 saturated carbocycles. The van der Waals surface area contributed by atoms with Gasteiger partial charge in [-0.05, 0) is 5.56 Å². The molecule has 1 aliphatic rings. The molecular weight excluding hydrogens is 222 g/mol. The normalized spacial score (nSPS) is 21.2. The molecule has 1 heterocycles. The van der Waals surface area contributed by atoms with Gasteiger partial charge in [0.15, 0.2) is 0 Å². The first-order valence-electron chi connectivity index (χ1n) is 3.79. The zero-order valence-corrected chi connectivity index (χ0v) is 9.35. The Hall–Kier alpha value is -0.120. The van der Waals surface area contributed by atoms with E-state index in [4.69, 9.17) is 5.41 Å². The molecule has 0 aliphatic carbocycles. The first-order valence-corrected chi connectivity index (χ1v) is 5.66. The molecule has 1 aromatic carbocycles. The summed E-state index contributed by atoms with van der Waals surface area (Å²) in [5, 5.41) is 7.96. The number of hydrogen-bond donors (Lipinski definition) is 1. The maximum Gasteiger partial charge on any atom is 0.122 e. The molecule has 1 saturated heterocycles. The van der Waals surface area contributed by atoms with Gasteiger partial charge in [-0.25, -0.2) is 0 Å². The predicted octanol–water partition coefficient (Wildman–Crippen LogP) is 3.56. The Bertz CT molecular complexity index is 289. The van der Waals surface area contributed by atoms with Crippen molar-refractivity contribution in [1.82, 2.24) is 0 Å². The van der Waals surface area contributed by atoms with E-state index in [-0.39, 0.29) is 12.4 Å². The molecule has 0 bridgehead atoms. The van der Waals surface area contributed by atoms with Crippen LogP contribution in [0, 0.1) is 5.41 Å². The summed E-state index contributed by atoms with van der Waals surface area (Å²) in [5.74, 6) is 1.05. The second kappa shape index (κ2) is 4.94. The third-order valence-electron chi connectivity index (χ3n) is 1.79. The van der Waals surface area contributed by atoms with Gasteiger partial charge in [0.1, 0.15) is 4.38 Å². The Balaban J connectivity index is 0.000000845. The zero-order chi connectivity index (χ0) is 8.39. The van der Waals surface area contributed by atoms with E-state index in [1.165, 1.54) is 5.56 Å². The van der Waals surface area contributed by atoms with Crippen molar-refractivity contribution in [1.29, 1.82) is 5.41 Å². The quantitative estimate of drug-likeness (QED) is 0.799. The van der Waals surface area contributed by atoms with Crippen LogP contribution in [-0.4, -0.2) is 10.1 Å². The molecule has 0 amide bonds. The Morgan fingerprint density at radius 2 is 1.92 bits per heavy atom. The number of benzene rings is 1. The molecule has 0 spiro atoms. The smallest absolute Gasteiger partial charge is 0.122 e. The molecule has 13 heavy (non-hydrogen) atoms. The maximum atomic E-state index is 7.45. The van der Waals surface area contributed by atoms with Gasteiger partial charge in [-0.2, -0.15) is 0 Å². The van der Waals surface area contributed by atoms with Crippen molar-refractivity contribution in [2.24, 2.45) is 0 Å². The monoisotopic (exact) mass is 231 g/mol. The highest BCUT2D eigenvalue weighted by molar-refractivity contribution is 8.41. The van der Waals surface area contributed by atoms with Crippen LogP contribution in [0.15, 0.2) is 30.3 Å². The summed E-state index contributed by atoms with van der Waals surface area (Å²) in [6.07, 6.45) is 0. The van der Waals surface area contributed by atoms with Gasteiger partial charge in [0, 0.05) is 11.0 Å². The molecule has 1 unspecified atom stereocenters. The Morgan fingerprint density at radius 3 is 2.46 bits per heavy atom. The van der Waals surface area contributed by atoms with Crippen molar-refractivity contribution in [3.63, 3.8) is 0 Å². The van der Waals surface area contributed by atoms with Gasteiger partial charge < -0.3 is 0 Å². The molecule has 70 valence electrons. The minimum Gasteiger partial charge on any atom is -0.288 e. The van der Waals surface area contributed by atoms with E-state index >= 15 is 0 Å². The average molecular weight is 232 g/mol. The van der Waals surface area contributed by atoms with Crippen LogP contribution in [0.5, 0.6) is 0 Å². The third-order valence-corrected chi connectivity index (χ3v) is 4.34. The van der Waals surface area contributed by atoms with Crippen LogP contribution < -0.4 is 0 Å². The second-order valence-electron chi connectivity index (χ2n) is 2.62. The number of rotatable bonds is 1. The lowest BCUT2D eigenvalue weighted by atomic mass is 10.2. The fraction of sp³-hybridized carbons (Fsp3) is 0.222. The van der Waals surface area contributed by atoms with Crippen molar-refractivity contribution in [2.75, 3.05) is 5.75 Å². The Kier molecular flexibility index (Phi) is 4.16. The van der Waals surface area contributed by atoms with Crippen molar-refractivity contribution >= 4 is 40.3 Å². The first-order chi connectivity index (χ1) is 5.86. The second-order valence-corrected chi connectivity index (χ2v) is 5.12. The van der Waals surface area contributed by atoms with Crippen LogP contribution >= 0.6 is 35.9 Å². The van der Waals surface area contributed by atoms with Crippen molar-refractivity contribution in [2.45, 2.75) is 5.25 Å². The van der Waals surface area contributed by atoms with E-state index in [2.05, 4.69) is 24.3 Å². The Morgan fingerprint density at radius 1 is 1.23 bits per heavy atom. The summed E-state index contributed by atoms with van der Waals surface area (Å²) in [7, 11) is 0. The van der Waals surface area contributed by atoms with Crippen LogP contribution in [0.2, 0.25) is 0 Å². The fourth-order valence-electron chi connectivity index (χ4n) is 1.18. The molecule has 0 aromatic heterocycles. The van der Waals surface area contributed by atoms with Crippen LogP contribution in [0.1, 0.15) is 10.8 Å². The summed E-state index contributed by atoms with van der Waals surface area (Å²) in [6, 6.07) is 10.4. The predicted molar refractivity (Wildman–Crippen MR) is 64.2 cm³/mol. The van der Waals surface area contributed by atoms with Gasteiger partial charge in [-0.3, -0.25) is 5.41 Å². The van der Waals surface area contributed by atoms with E-state index in [0.717, 1.165) is 10.1 Å². The molecule has 4 heteroatoms. The lowest BCUT2D eigenvalue weighted by Gasteiger charge is -2.05. The molecule has 2 rings (SSSR count). The molecule has 1 N–H and O–H groups in total. The minimum atomic E-state index is 0. The molecule has 1 nitrogen and oxygen atoms in total. The third kappa shape index (κ3) is 2.66. The van der Waals surface area contributed by atoms with Gasteiger partial charge in [0.25, 0.3) is 0 Å². The van der Waals surface area contributed by atoms with Crippen LogP contribution in [0.4, 0.5) is 0 Å². The SMILES string of the molecule is Cl.N=C1SCC(c2ccccc2)S1. The lowest BCUT2D eigenvalue weighted by Crippen LogP contribution is -1.90. The van der Waals surface area contributed by atoms with Gasteiger partial charge in [0.2, 0.25) is 0 Å². The summed E-state index contributed by atoms with van der Waals surface area (Å²) >= 11 is 3.31. The summed E-state index contributed by atoms with van der Waals surface area (Å²) in [5.41, 5.74) is 1.34.